The molecule has 2 aromatic carbocycles. The minimum absolute atomic E-state index is 0.0321. The third-order valence-corrected chi connectivity index (χ3v) is 6.52. The van der Waals surface area contributed by atoms with Crippen molar-refractivity contribution in [3.05, 3.63) is 57.6 Å². The molecule has 128 valence electrons. The van der Waals surface area contributed by atoms with E-state index in [1.54, 1.807) is 0 Å². The van der Waals surface area contributed by atoms with Crippen LogP contribution in [-0.4, -0.2) is 46.2 Å². The Morgan fingerprint density at radius 3 is 1.54 bits per heavy atom. The lowest BCUT2D eigenvalue weighted by Crippen LogP contribution is -2.36. The van der Waals surface area contributed by atoms with Crippen molar-refractivity contribution in [1.29, 1.82) is 0 Å². The summed E-state index contributed by atoms with van der Waals surface area (Å²) >= 11 is 0. The quantitative estimate of drug-likeness (QED) is 0.702. The zero-order chi connectivity index (χ0) is 17.5. The summed E-state index contributed by atoms with van der Waals surface area (Å²) in [5.41, 5.74) is 4.05. The summed E-state index contributed by atoms with van der Waals surface area (Å²) in [4.78, 5) is 25.4. The van der Waals surface area contributed by atoms with Gasteiger partial charge in [0.05, 0.1) is 11.1 Å². The second-order valence-electron chi connectivity index (χ2n) is 7.65. The number of hydrogen-bond donors (Lipinski definition) is 2. The molecule has 3 aliphatic carbocycles. The zero-order valence-corrected chi connectivity index (χ0v) is 13.3. The van der Waals surface area contributed by atoms with Gasteiger partial charge in [-0.25, -0.2) is 0 Å². The first-order chi connectivity index (χ1) is 12.6. The third kappa shape index (κ3) is 1.26. The third-order valence-electron chi connectivity index (χ3n) is 6.52. The van der Waals surface area contributed by atoms with Crippen molar-refractivity contribution in [2.24, 2.45) is 0 Å². The van der Waals surface area contributed by atoms with E-state index < -0.39 is 12.2 Å². The van der Waals surface area contributed by atoms with Gasteiger partial charge in [-0.15, -0.1) is 0 Å². The average Bonchev–Trinajstić information content (AvgIpc) is 3.51. The van der Waals surface area contributed by atoms with Crippen LogP contribution in [0.4, 0.5) is 0 Å². The molecule has 2 heterocycles. The molecule has 5 aliphatic rings. The number of phenolic OH excluding ortho intramolecular Hbond substituents is 2. The molecule has 0 saturated carbocycles. The lowest BCUT2D eigenvalue weighted by atomic mass is 9.62. The number of carbonyl (C=O) groups excluding carboxylic acids is 2. The normalized spacial score (nSPS) is 36.6. The topological polar surface area (TPSA) is 99.7 Å². The number of carbonyl (C=O) groups is 2. The Labute approximate surface area is 147 Å². The molecule has 2 saturated heterocycles. The number of Topliss-reactive ketones (excluding diaryl/α,β-unsaturated/α-hetero) is 2. The van der Waals surface area contributed by atoms with Crippen molar-refractivity contribution in [2.45, 2.75) is 36.3 Å². The van der Waals surface area contributed by atoms with E-state index >= 15 is 0 Å². The van der Waals surface area contributed by atoms with Gasteiger partial charge in [0, 0.05) is 11.8 Å². The molecule has 6 heteroatoms. The highest BCUT2D eigenvalue weighted by atomic mass is 16.6. The van der Waals surface area contributed by atoms with Gasteiger partial charge < -0.3 is 19.7 Å². The maximum Gasteiger partial charge on any atom is 0.198 e. The number of hydrogen-bond acceptors (Lipinski definition) is 6. The Bertz CT molecular complexity index is 1010. The van der Waals surface area contributed by atoms with E-state index in [9.17, 15) is 19.8 Å². The van der Waals surface area contributed by atoms with Crippen LogP contribution in [0.3, 0.4) is 0 Å². The van der Waals surface area contributed by atoms with Crippen molar-refractivity contribution in [1.82, 2.24) is 0 Å². The molecule has 0 radical (unpaired) electrons. The molecule has 7 rings (SSSR count). The van der Waals surface area contributed by atoms with E-state index in [-0.39, 0.29) is 47.1 Å². The molecule has 0 bridgehead atoms. The van der Waals surface area contributed by atoms with Crippen molar-refractivity contribution in [3.8, 4) is 11.5 Å². The highest BCUT2D eigenvalue weighted by molar-refractivity contribution is 6.10. The van der Waals surface area contributed by atoms with Gasteiger partial charge in [-0.3, -0.25) is 9.59 Å². The van der Waals surface area contributed by atoms with E-state index in [0.29, 0.717) is 11.1 Å². The number of phenols is 2. The van der Waals surface area contributed by atoms with Crippen LogP contribution in [0.2, 0.25) is 0 Å². The van der Waals surface area contributed by atoms with Crippen LogP contribution < -0.4 is 0 Å². The first-order valence-corrected chi connectivity index (χ1v) is 8.69. The van der Waals surface area contributed by atoms with E-state index in [4.69, 9.17) is 9.47 Å². The Morgan fingerprint density at radius 1 is 0.692 bits per heavy atom. The standard InChI is InChI=1S/C20H12O6/c21-7-3-1-5-9-12(18-20(26-18)15(23)13(7)9)6-2-4-8(22)14-10(6)11(5)17-19(25-17)16(14)24/h1-4,11-12,17-22H/t11-,12-,17+,18+,19-,20?/m0/s1. The predicted molar refractivity (Wildman–Crippen MR) is 85.9 cm³/mol. The molecule has 6 nitrogen and oxygen atoms in total. The SMILES string of the molecule is O=C1c2c(O)ccc3c2[C@H](c2ccc(O)c4c2[C@H]3[C@H]2O[C@H]2C4=O)[C@H]2OC12. The van der Waals surface area contributed by atoms with Gasteiger partial charge in [0.25, 0.3) is 0 Å². The Kier molecular flexibility index (Phi) is 2.00. The van der Waals surface area contributed by atoms with Gasteiger partial charge in [0.2, 0.25) is 0 Å². The van der Waals surface area contributed by atoms with E-state index in [2.05, 4.69) is 0 Å². The fourth-order valence-corrected chi connectivity index (χ4v) is 5.43. The summed E-state index contributed by atoms with van der Waals surface area (Å²) < 4.78 is 11.3. The number of aromatic hydroxyl groups is 2. The van der Waals surface area contributed by atoms with Gasteiger partial charge in [-0.2, -0.15) is 0 Å². The van der Waals surface area contributed by atoms with E-state index in [1.165, 1.54) is 12.1 Å². The van der Waals surface area contributed by atoms with Crippen LogP contribution >= 0.6 is 0 Å². The highest BCUT2D eigenvalue weighted by Gasteiger charge is 2.64. The summed E-state index contributed by atoms with van der Waals surface area (Å²) in [5.74, 6) is -0.857. The summed E-state index contributed by atoms with van der Waals surface area (Å²) in [5, 5.41) is 20.7. The second kappa shape index (κ2) is 3.84. The lowest BCUT2D eigenvalue weighted by Gasteiger charge is -2.38. The predicted octanol–water partition coefficient (Wildman–Crippen LogP) is 1.60. The summed E-state index contributed by atoms with van der Waals surface area (Å²) in [6.45, 7) is 0. The van der Waals surface area contributed by atoms with Gasteiger partial charge in [0.1, 0.15) is 35.9 Å². The van der Waals surface area contributed by atoms with Crippen molar-refractivity contribution >= 4 is 11.6 Å². The van der Waals surface area contributed by atoms with Crippen molar-refractivity contribution in [3.63, 3.8) is 0 Å². The second-order valence-corrected chi connectivity index (χ2v) is 7.65. The van der Waals surface area contributed by atoms with Crippen LogP contribution in [0.25, 0.3) is 0 Å². The van der Waals surface area contributed by atoms with Crippen molar-refractivity contribution < 1.29 is 29.3 Å². The highest BCUT2D eigenvalue weighted by Crippen LogP contribution is 2.61. The number of fused-ring (bicyclic) bond motifs is 6. The fourth-order valence-electron chi connectivity index (χ4n) is 5.43. The Hall–Kier alpha value is -2.70. The Morgan fingerprint density at radius 2 is 1.12 bits per heavy atom. The van der Waals surface area contributed by atoms with E-state index in [1.807, 2.05) is 12.1 Å². The van der Waals surface area contributed by atoms with E-state index in [0.717, 1.165) is 22.3 Å². The van der Waals surface area contributed by atoms with Crippen LogP contribution in [0.5, 0.6) is 11.5 Å². The minimum Gasteiger partial charge on any atom is -0.507 e. The monoisotopic (exact) mass is 348 g/mol. The molecule has 1 unspecified atom stereocenters. The molecule has 2 fully saturated rings. The van der Waals surface area contributed by atoms with Gasteiger partial charge >= 0.3 is 0 Å². The van der Waals surface area contributed by atoms with Crippen LogP contribution in [0.15, 0.2) is 24.3 Å². The lowest BCUT2D eigenvalue weighted by molar-refractivity contribution is 0.0940. The minimum atomic E-state index is -0.543. The Balaban J connectivity index is 1.63. The smallest absolute Gasteiger partial charge is 0.198 e. The molecule has 26 heavy (non-hydrogen) atoms. The number of benzene rings is 2. The van der Waals surface area contributed by atoms with Gasteiger partial charge in [-0.05, 0) is 34.4 Å². The van der Waals surface area contributed by atoms with Gasteiger partial charge in [0.15, 0.2) is 11.6 Å². The van der Waals surface area contributed by atoms with Crippen LogP contribution in [-0.2, 0) is 9.47 Å². The van der Waals surface area contributed by atoms with Crippen molar-refractivity contribution in [2.75, 3.05) is 0 Å². The molecule has 0 spiro atoms. The molecule has 0 amide bonds. The first kappa shape index (κ1) is 13.5. The number of epoxide rings is 2. The molecule has 0 aromatic heterocycles. The van der Waals surface area contributed by atoms with Crippen LogP contribution in [0, 0.1) is 0 Å². The summed E-state index contributed by atoms with van der Waals surface area (Å²) in [6.07, 6.45) is -1.64. The maximum absolute atomic E-state index is 12.7. The fraction of sp³-hybridized carbons (Fsp3) is 0.300. The maximum atomic E-state index is 12.7. The zero-order valence-electron chi connectivity index (χ0n) is 13.3. The van der Waals surface area contributed by atoms with Crippen LogP contribution in [0.1, 0.15) is 54.8 Å². The molecule has 2 N–H and O–H groups in total. The number of rotatable bonds is 0. The largest absolute Gasteiger partial charge is 0.507 e. The summed E-state index contributed by atoms with van der Waals surface area (Å²) in [7, 11) is 0. The van der Waals surface area contributed by atoms with Gasteiger partial charge in [-0.1, -0.05) is 12.1 Å². The molecular weight excluding hydrogens is 336 g/mol. The number of ketones is 2. The molecule has 2 aliphatic heterocycles. The number of ether oxygens (including phenoxy) is 2. The average molecular weight is 348 g/mol. The molecular formula is C20H12O6. The summed E-state index contributed by atoms with van der Waals surface area (Å²) in [6, 6.07) is 6.69. The first-order valence-electron chi connectivity index (χ1n) is 8.69. The molecule has 2 aromatic rings. The molecule has 6 atom stereocenters.